The maximum absolute atomic E-state index is 10.3. The number of carbonyl (C=O) groups excluding carboxylic acids is 2. The molecule has 0 radical (unpaired) electrons. The van der Waals surface area contributed by atoms with E-state index in [1.54, 1.807) is 0 Å². The summed E-state index contributed by atoms with van der Waals surface area (Å²) in [6.45, 7) is 3.08. The van der Waals surface area contributed by atoms with E-state index in [1.165, 1.54) is 0 Å². The second-order valence-corrected chi connectivity index (χ2v) is 1.33. The normalized spacial score (nSPS) is 8.11. The second-order valence-electron chi connectivity index (χ2n) is 1.33. The summed E-state index contributed by atoms with van der Waals surface area (Å²) < 4.78 is 4.13. The van der Waals surface area contributed by atoms with Crippen LogP contribution in [0.5, 0.6) is 0 Å². The predicted octanol–water partition coefficient (Wildman–Crippen LogP) is -0.799. The van der Waals surface area contributed by atoms with Crippen molar-refractivity contribution in [1.82, 2.24) is 0 Å². The van der Waals surface area contributed by atoms with Crippen molar-refractivity contribution in [1.29, 1.82) is 0 Å². The average molecular weight is 129 g/mol. The van der Waals surface area contributed by atoms with Crippen LogP contribution in [-0.2, 0) is 14.3 Å². The first kappa shape index (κ1) is 7.68. The minimum absolute atomic E-state index is 0.336. The monoisotopic (exact) mass is 129 g/mol. The van der Waals surface area contributed by atoms with Gasteiger partial charge in [-0.05, 0) is 0 Å². The van der Waals surface area contributed by atoms with Crippen LogP contribution in [0.25, 0.3) is 0 Å². The van der Waals surface area contributed by atoms with Gasteiger partial charge in [-0.1, -0.05) is 6.58 Å². The SMILES string of the molecule is C=C(C(N)=O)C(=O)OC. The zero-order chi connectivity index (χ0) is 7.44. The van der Waals surface area contributed by atoms with Crippen molar-refractivity contribution in [2.75, 3.05) is 7.11 Å². The molecular formula is C5H7NO3. The number of amides is 1. The number of primary amides is 1. The summed E-state index contributed by atoms with van der Waals surface area (Å²) >= 11 is 0. The topological polar surface area (TPSA) is 69.4 Å². The van der Waals surface area contributed by atoms with E-state index in [4.69, 9.17) is 0 Å². The zero-order valence-electron chi connectivity index (χ0n) is 5.01. The predicted molar refractivity (Wildman–Crippen MR) is 30.4 cm³/mol. The number of rotatable bonds is 2. The van der Waals surface area contributed by atoms with E-state index >= 15 is 0 Å². The van der Waals surface area contributed by atoms with E-state index in [-0.39, 0.29) is 5.57 Å². The molecule has 0 aromatic heterocycles. The van der Waals surface area contributed by atoms with Crippen molar-refractivity contribution in [3.8, 4) is 0 Å². The Labute approximate surface area is 52.3 Å². The third-order valence-corrected chi connectivity index (χ3v) is 0.729. The highest BCUT2D eigenvalue weighted by Crippen LogP contribution is 1.89. The van der Waals surface area contributed by atoms with E-state index in [9.17, 15) is 9.59 Å². The molecule has 0 fully saturated rings. The van der Waals surface area contributed by atoms with Gasteiger partial charge < -0.3 is 10.5 Å². The molecule has 0 aliphatic carbocycles. The molecule has 0 aromatic rings. The lowest BCUT2D eigenvalue weighted by atomic mass is 10.3. The van der Waals surface area contributed by atoms with Gasteiger partial charge in [0.25, 0.3) is 5.91 Å². The molecule has 0 spiro atoms. The number of esters is 1. The Balaban J connectivity index is 4.05. The van der Waals surface area contributed by atoms with Gasteiger partial charge in [-0.3, -0.25) is 4.79 Å². The Bertz CT molecular complexity index is 162. The van der Waals surface area contributed by atoms with E-state index in [1.807, 2.05) is 0 Å². The average Bonchev–Trinajstić information content (AvgIpc) is 1.84. The lowest BCUT2D eigenvalue weighted by Crippen LogP contribution is -2.20. The smallest absolute Gasteiger partial charge is 0.342 e. The van der Waals surface area contributed by atoms with E-state index in [0.29, 0.717) is 0 Å². The first-order valence-corrected chi connectivity index (χ1v) is 2.16. The Morgan fingerprint density at radius 1 is 1.56 bits per heavy atom. The van der Waals surface area contributed by atoms with Crippen molar-refractivity contribution in [3.05, 3.63) is 12.2 Å². The molecule has 4 nitrogen and oxygen atoms in total. The van der Waals surface area contributed by atoms with Crippen molar-refractivity contribution in [2.45, 2.75) is 0 Å². The summed E-state index contributed by atoms with van der Waals surface area (Å²) in [7, 11) is 1.15. The van der Waals surface area contributed by atoms with Crippen molar-refractivity contribution < 1.29 is 14.3 Å². The fourth-order valence-electron chi connectivity index (χ4n) is 0.224. The third-order valence-electron chi connectivity index (χ3n) is 0.729. The van der Waals surface area contributed by atoms with Gasteiger partial charge in [-0.25, -0.2) is 4.79 Å². The largest absolute Gasteiger partial charge is 0.465 e. The number of hydrogen-bond acceptors (Lipinski definition) is 3. The summed E-state index contributed by atoms with van der Waals surface area (Å²) in [4.78, 5) is 20.5. The number of ether oxygens (including phenoxy) is 1. The Hall–Kier alpha value is -1.32. The molecule has 0 rings (SSSR count). The third kappa shape index (κ3) is 1.94. The summed E-state index contributed by atoms with van der Waals surface area (Å²) in [6, 6.07) is 0. The molecule has 0 saturated heterocycles. The minimum Gasteiger partial charge on any atom is -0.465 e. The van der Waals surface area contributed by atoms with Crippen molar-refractivity contribution in [3.63, 3.8) is 0 Å². The van der Waals surface area contributed by atoms with E-state index in [0.717, 1.165) is 7.11 Å². The standard InChI is InChI=1S/C5H7NO3/c1-3(4(6)7)5(8)9-2/h1H2,2H3,(H2,6,7). The molecular weight excluding hydrogens is 122 g/mol. The van der Waals surface area contributed by atoms with Gasteiger partial charge in [0.1, 0.15) is 5.57 Å². The number of nitrogens with two attached hydrogens (primary N) is 1. The van der Waals surface area contributed by atoms with Gasteiger partial charge in [-0.15, -0.1) is 0 Å². The molecule has 0 unspecified atom stereocenters. The zero-order valence-corrected chi connectivity index (χ0v) is 5.01. The van der Waals surface area contributed by atoms with Crippen LogP contribution in [0.15, 0.2) is 12.2 Å². The van der Waals surface area contributed by atoms with Crippen LogP contribution in [-0.4, -0.2) is 19.0 Å². The molecule has 0 heterocycles. The second kappa shape index (κ2) is 2.86. The Morgan fingerprint density at radius 3 is 2.11 bits per heavy atom. The quantitative estimate of drug-likeness (QED) is 0.230. The fourth-order valence-corrected chi connectivity index (χ4v) is 0.224. The van der Waals surface area contributed by atoms with E-state index in [2.05, 4.69) is 17.0 Å². The lowest BCUT2D eigenvalue weighted by Gasteiger charge is -1.95. The van der Waals surface area contributed by atoms with Crippen LogP contribution >= 0.6 is 0 Å². The lowest BCUT2D eigenvalue weighted by molar-refractivity contribution is -0.137. The van der Waals surface area contributed by atoms with Crippen LogP contribution in [0.4, 0.5) is 0 Å². The molecule has 0 aliphatic rings. The summed E-state index contributed by atoms with van der Waals surface area (Å²) in [5.41, 5.74) is 4.34. The molecule has 50 valence electrons. The first-order chi connectivity index (χ1) is 4.09. The van der Waals surface area contributed by atoms with Gasteiger partial charge in [0.2, 0.25) is 0 Å². The number of hydrogen-bond donors (Lipinski definition) is 1. The molecule has 0 aliphatic heterocycles. The highest BCUT2D eigenvalue weighted by atomic mass is 16.5. The fraction of sp³-hybridized carbons (Fsp3) is 0.200. The van der Waals surface area contributed by atoms with Gasteiger partial charge in [0, 0.05) is 0 Å². The Kier molecular flexibility index (Phi) is 2.44. The van der Waals surface area contributed by atoms with Gasteiger partial charge >= 0.3 is 5.97 Å². The van der Waals surface area contributed by atoms with Crippen LogP contribution in [0.3, 0.4) is 0 Å². The molecule has 2 N–H and O–H groups in total. The van der Waals surface area contributed by atoms with Crippen molar-refractivity contribution in [2.24, 2.45) is 5.73 Å². The molecule has 9 heavy (non-hydrogen) atoms. The maximum atomic E-state index is 10.3. The van der Waals surface area contributed by atoms with Crippen molar-refractivity contribution >= 4 is 11.9 Å². The van der Waals surface area contributed by atoms with Crippen LogP contribution in [0.2, 0.25) is 0 Å². The highest BCUT2D eigenvalue weighted by Gasteiger charge is 2.10. The van der Waals surface area contributed by atoms with E-state index < -0.39 is 11.9 Å². The maximum Gasteiger partial charge on any atom is 0.342 e. The van der Waals surface area contributed by atoms with Gasteiger partial charge in [0.05, 0.1) is 7.11 Å². The molecule has 0 bridgehead atoms. The molecule has 0 atom stereocenters. The number of methoxy groups -OCH3 is 1. The molecule has 1 amide bonds. The Morgan fingerprint density at radius 2 is 2.00 bits per heavy atom. The summed E-state index contributed by atoms with van der Waals surface area (Å²) in [5, 5.41) is 0. The van der Waals surface area contributed by atoms with Gasteiger partial charge in [-0.2, -0.15) is 0 Å². The van der Waals surface area contributed by atoms with Crippen LogP contribution in [0, 0.1) is 0 Å². The summed E-state index contributed by atoms with van der Waals surface area (Å²) in [6.07, 6.45) is 0. The van der Waals surface area contributed by atoms with Crippen LogP contribution < -0.4 is 5.73 Å². The molecule has 0 aromatic carbocycles. The summed E-state index contributed by atoms with van der Waals surface area (Å²) in [5.74, 6) is -1.65. The highest BCUT2D eigenvalue weighted by molar-refractivity contribution is 6.14. The van der Waals surface area contributed by atoms with Gasteiger partial charge in [0.15, 0.2) is 0 Å². The minimum atomic E-state index is -0.859. The molecule has 0 saturated carbocycles. The molecule has 4 heteroatoms. The first-order valence-electron chi connectivity index (χ1n) is 2.16. The number of carbonyl (C=O) groups is 2. The van der Waals surface area contributed by atoms with Crippen LogP contribution in [0.1, 0.15) is 0 Å².